The maximum atomic E-state index is 4.45. The predicted octanol–water partition coefficient (Wildman–Crippen LogP) is 2.10. The van der Waals surface area contributed by atoms with Gasteiger partial charge in [0.05, 0.1) is 5.52 Å². The van der Waals surface area contributed by atoms with E-state index in [0.717, 1.165) is 16.7 Å². The van der Waals surface area contributed by atoms with Crippen LogP contribution >= 0.6 is 0 Å². The summed E-state index contributed by atoms with van der Waals surface area (Å²) in [6.07, 6.45) is 0. The van der Waals surface area contributed by atoms with Crippen LogP contribution < -0.4 is 4.90 Å². The maximum Gasteiger partial charge on any atom is 0.136 e. The van der Waals surface area contributed by atoms with Crippen molar-refractivity contribution in [3.05, 3.63) is 36.4 Å². The summed E-state index contributed by atoms with van der Waals surface area (Å²) in [6.45, 7) is 0. The Hall–Kier alpha value is -1.57. The molecule has 1 heterocycles. The molecule has 0 atom stereocenters. The summed E-state index contributed by atoms with van der Waals surface area (Å²) in [4.78, 5) is 6.40. The fourth-order valence-corrected chi connectivity index (χ4v) is 1.23. The van der Waals surface area contributed by atoms with E-state index in [9.17, 15) is 0 Å². The number of hydrogen-bond donors (Lipinski definition) is 0. The van der Waals surface area contributed by atoms with Crippen LogP contribution in [0.25, 0.3) is 10.9 Å². The van der Waals surface area contributed by atoms with E-state index in [4.69, 9.17) is 0 Å². The lowest BCUT2D eigenvalue weighted by Gasteiger charge is -2.10. The third-order valence-electron chi connectivity index (χ3n) is 1.94. The largest absolute Gasteiger partial charge is 0.362 e. The second kappa shape index (κ2) is 3.05. The van der Waals surface area contributed by atoms with E-state index in [2.05, 4.69) is 11.1 Å². The highest BCUT2D eigenvalue weighted by atomic mass is 15.1. The van der Waals surface area contributed by atoms with Gasteiger partial charge >= 0.3 is 0 Å². The molecule has 2 rings (SSSR count). The van der Waals surface area contributed by atoms with Gasteiger partial charge in [0, 0.05) is 25.5 Å². The van der Waals surface area contributed by atoms with Crippen molar-refractivity contribution in [2.75, 3.05) is 19.0 Å². The van der Waals surface area contributed by atoms with E-state index >= 15 is 0 Å². The van der Waals surface area contributed by atoms with E-state index < -0.39 is 0 Å². The van der Waals surface area contributed by atoms with Crippen LogP contribution in [0.5, 0.6) is 0 Å². The normalized spacial score (nSPS) is 10.3. The molecule has 0 unspecified atom stereocenters. The van der Waals surface area contributed by atoms with Crippen LogP contribution in [0.15, 0.2) is 30.3 Å². The first-order valence-corrected chi connectivity index (χ1v) is 4.22. The molecule has 0 N–H and O–H groups in total. The van der Waals surface area contributed by atoms with Crippen LogP contribution in [0, 0.1) is 6.07 Å². The molecule has 0 spiro atoms. The Balaban J connectivity index is 2.62. The van der Waals surface area contributed by atoms with Gasteiger partial charge < -0.3 is 4.90 Å². The van der Waals surface area contributed by atoms with E-state index in [1.54, 1.807) is 0 Å². The van der Waals surface area contributed by atoms with Crippen molar-refractivity contribution < 1.29 is 0 Å². The monoisotopic (exact) mass is 171 g/mol. The van der Waals surface area contributed by atoms with Gasteiger partial charge in [0.25, 0.3) is 0 Å². The van der Waals surface area contributed by atoms with Crippen LogP contribution in [-0.4, -0.2) is 19.1 Å². The smallest absolute Gasteiger partial charge is 0.136 e. The average molecular weight is 171 g/mol. The van der Waals surface area contributed by atoms with E-state index in [1.807, 2.05) is 49.3 Å². The average Bonchev–Trinajstić information content (AvgIpc) is 2.17. The number of nitrogens with zero attached hydrogens (tertiary/aromatic N) is 2. The van der Waals surface area contributed by atoms with Crippen LogP contribution in [0.3, 0.4) is 0 Å². The molecule has 2 nitrogen and oxygen atoms in total. The van der Waals surface area contributed by atoms with Crippen molar-refractivity contribution >= 4 is 16.7 Å². The molecule has 2 heteroatoms. The molecule has 1 aromatic heterocycles. The van der Waals surface area contributed by atoms with Crippen molar-refractivity contribution in [2.45, 2.75) is 0 Å². The third-order valence-corrected chi connectivity index (χ3v) is 1.94. The molecular formula is C11H11N2. The number of pyridine rings is 1. The molecule has 0 bridgehead atoms. The van der Waals surface area contributed by atoms with Gasteiger partial charge in [-0.2, -0.15) is 0 Å². The Morgan fingerprint density at radius 2 is 2.00 bits per heavy atom. The highest BCUT2D eigenvalue weighted by Gasteiger charge is 1.98. The molecule has 2 aromatic rings. The van der Waals surface area contributed by atoms with Crippen LogP contribution in [0.2, 0.25) is 0 Å². The molecule has 0 saturated carbocycles. The standard InChI is InChI=1S/C11H11N2/c1-13(2)11-8-7-9-5-3-4-6-10(9)12-11/h3-7H,1-2H3. The van der Waals surface area contributed by atoms with E-state index in [-0.39, 0.29) is 0 Å². The molecule has 13 heavy (non-hydrogen) atoms. The quantitative estimate of drug-likeness (QED) is 0.653. The number of anilines is 1. The Morgan fingerprint density at radius 3 is 2.77 bits per heavy atom. The SMILES string of the molecule is CN(C)c1[c]cc2ccccc2n1. The summed E-state index contributed by atoms with van der Waals surface area (Å²) in [7, 11) is 3.93. The minimum absolute atomic E-state index is 0.874. The second-order valence-electron chi connectivity index (χ2n) is 3.18. The molecule has 65 valence electrons. The topological polar surface area (TPSA) is 16.1 Å². The fourth-order valence-electron chi connectivity index (χ4n) is 1.23. The summed E-state index contributed by atoms with van der Waals surface area (Å²) in [5, 5.41) is 1.13. The van der Waals surface area contributed by atoms with Crippen molar-refractivity contribution in [2.24, 2.45) is 0 Å². The van der Waals surface area contributed by atoms with Gasteiger partial charge in [-0.3, -0.25) is 0 Å². The molecule has 0 amide bonds. The maximum absolute atomic E-state index is 4.45. The van der Waals surface area contributed by atoms with Gasteiger partial charge in [-0.15, -0.1) is 0 Å². The van der Waals surface area contributed by atoms with Crippen molar-refractivity contribution in [1.82, 2.24) is 4.98 Å². The molecule has 0 aliphatic carbocycles. The number of para-hydroxylation sites is 1. The summed E-state index contributed by atoms with van der Waals surface area (Å²) in [5.74, 6) is 0.874. The molecular weight excluding hydrogens is 160 g/mol. The minimum Gasteiger partial charge on any atom is -0.362 e. The first-order chi connectivity index (χ1) is 6.27. The van der Waals surface area contributed by atoms with Crippen molar-refractivity contribution in [3.63, 3.8) is 0 Å². The fraction of sp³-hybridized carbons (Fsp3) is 0.182. The number of rotatable bonds is 1. The first kappa shape index (κ1) is 8.05. The summed E-state index contributed by atoms with van der Waals surface area (Å²) >= 11 is 0. The van der Waals surface area contributed by atoms with Gasteiger partial charge in [-0.05, 0) is 12.1 Å². The molecule has 0 aliphatic rings. The van der Waals surface area contributed by atoms with Crippen molar-refractivity contribution in [1.29, 1.82) is 0 Å². The van der Waals surface area contributed by atoms with E-state index in [1.165, 1.54) is 0 Å². The summed E-state index contributed by atoms with van der Waals surface area (Å²) < 4.78 is 0. The molecule has 0 aliphatic heterocycles. The number of aromatic nitrogens is 1. The number of fused-ring (bicyclic) bond motifs is 1. The molecule has 0 fully saturated rings. The highest BCUT2D eigenvalue weighted by molar-refractivity contribution is 5.79. The van der Waals surface area contributed by atoms with E-state index in [0.29, 0.717) is 0 Å². The van der Waals surface area contributed by atoms with Crippen molar-refractivity contribution in [3.8, 4) is 0 Å². The summed E-state index contributed by atoms with van der Waals surface area (Å²) in [6, 6.07) is 13.1. The number of benzene rings is 1. The van der Waals surface area contributed by atoms with Crippen LogP contribution in [0.4, 0.5) is 5.82 Å². The molecule has 1 radical (unpaired) electrons. The predicted molar refractivity (Wildman–Crippen MR) is 54.9 cm³/mol. The zero-order valence-electron chi connectivity index (χ0n) is 7.78. The zero-order valence-corrected chi connectivity index (χ0v) is 7.78. The van der Waals surface area contributed by atoms with Crippen LogP contribution in [0.1, 0.15) is 0 Å². The van der Waals surface area contributed by atoms with Gasteiger partial charge in [-0.1, -0.05) is 18.2 Å². The Labute approximate surface area is 77.8 Å². The van der Waals surface area contributed by atoms with Gasteiger partial charge in [-0.25, -0.2) is 4.98 Å². The minimum atomic E-state index is 0.874. The van der Waals surface area contributed by atoms with Gasteiger partial charge in [0.1, 0.15) is 5.82 Å². The Morgan fingerprint density at radius 1 is 1.23 bits per heavy atom. The third kappa shape index (κ3) is 1.47. The number of hydrogen-bond acceptors (Lipinski definition) is 2. The Kier molecular flexibility index (Phi) is 1.89. The summed E-state index contributed by atoms with van der Waals surface area (Å²) in [5.41, 5.74) is 1.02. The van der Waals surface area contributed by atoms with Gasteiger partial charge in [0.2, 0.25) is 0 Å². The Bertz CT molecular complexity index is 421. The molecule has 0 saturated heterocycles. The van der Waals surface area contributed by atoms with Crippen LogP contribution in [-0.2, 0) is 0 Å². The second-order valence-corrected chi connectivity index (χ2v) is 3.18. The van der Waals surface area contributed by atoms with Gasteiger partial charge in [0.15, 0.2) is 0 Å². The first-order valence-electron chi connectivity index (χ1n) is 4.22. The zero-order chi connectivity index (χ0) is 9.26. The lowest BCUT2D eigenvalue weighted by atomic mass is 10.2. The highest BCUT2D eigenvalue weighted by Crippen LogP contribution is 2.14. The lowest BCUT2D eigenvalue weighted by Crippen LogP contribution is -2.10. The molecule has 1 aromatic carbocycles. The lowest BCUT2D eigenvalue weighted by molar-refractivity contribution is 1.08.